The summed E-state index contributed by atoms with van der Waals surface area (Å²) in [6.07, 6.45) is 4.67. The van der Waals surface area contributed by atoms with Crippen molar-refractivity contribution in [1.29, 1.82) is 0 Å². The van der Waals surface area contributed by atoms with Crippen molar-refractivity contribution in [2.45, 2.75) is 38.8 Å². The lowest BCUT2D eigenvalue weighted by Gasteiger charge is -2.25. The number of aromatic hydroxyl groups is 1. The minimum absolute atomic E-state index is 0.121. The second-order valence-corrected chi connectivity index (χ2v) is 10.6. The summed E-state index contributed by atoms with van der Waals surface area (Å²) >= 11 is 3.16. The molecule has 1 aliphatic rings. The van der Waals surface area contributed by atoms with Crippen LogP contribution in [0.4, 0.5) is 5.13 Å². The minimum atomic E-state index is 0.121. The second kappa shape index (κ2) is 7.33. The fourth-order valence-corrected chi connectivity index (χ4v) is 5.95. The number of anilines is 1. The Morgan fingerprint density at radius 3 is 2.70 bits per heavy atom. The number of H-pyrrole nitrogens is 1. The number of fused-ring (bicyclic) bond motifs is 1. The predicted molar refractivity (Wildman–Crippen MR) is 123 cm³/mol. The Hall–Kier alpha value is -2.49. The molecule has 0 saturated carbocycles. The van der Waals surface area contributed by atoms with Crippen molar-refractivity contribution >= 4 is 37.5 Å². The number of hydrogen-bond donors (Lipinski definition) is 3. The molecule has 5 rings (SSSR count). The van der Waals surface area contributed by atoms with Crippen molar-refractivity contribution in [3.8, 4) is 27.4 Å². The topological polar surface area (TPSA) is 90.0 Å². The summed E-state index contributed by atoms with van der Waals surface area (Å²) in [6.45, 7) is 8.60. The number of nitrogens with one attached hydrogen (secondary N) is 2. The summed E-state index contributed by atoms with van der Waals surface area (Å²) in [5.74, 6) is 0.214. The Morgan fingerprint density at radius 1 is 1.17 bits per heavy atom. The van der Waals surface area contributed by atoms with E-state index in [1.807, 2.05) is 12.1 Å². The minimum Gasteiger partial charge on any atom is -0.507 e. The Kier molecular flexibility index (Phi) is 4.76. The van der Waals surface area contributed by atoms with Crippen molar-refractivity contribution in [3.05, 3.63) is 30.6 Å². The number of rotatable bonds is 4. The zero-order chi connectivity index (χ0) is 20.9. The van der Waals surface area contributed by atoms with Gasteiger partial charge in [-0.25, -0.2) is 9.97 Å². The molecule has 1 aromatic carbocycles. The normalized spacial score (nSPS) is 17.3. The van der Waals surface area contributed by atoms with E-state index >= 15 is 0 Å². The third-order valence-electron chi connectivity index (χ3n) is 5.12. The largest absolute Gasteiger partial charge is 0.507 e. The average Bonchev–Trinajstić information content (AvgIpc) is 3.43. The molecule has 1 unspecified atom stereocenters. The van der Waals surface area contributed by atoms with E-state index < -0.39 is 0 Å². The lowest BCUT2D eigenvalue weighted by Crippen LogP contribution is -2.44. The molecule has 30 heavy (non-hydrogen) atoms. The first kappa shape index (κ1) is 19.5. The monoisotopic (exact) mass is 440 g/mol. The van der Waals surface area contributed by atoms with Crippen LogP contribution in [-0.2, 0) is 0 Å². The van der Waals surface area contributed by atoms with Crippen LogP contribution in [-0.4, -0.2) is 49.9 Å². The SMILES string of the molecule is CC(C)(C)NC1CCN(c2nc3sc(-c4ccc(-c5cn[nH]c5)cc4O)nc3s2)C1. The van der Waals surface area contributed by atoms with Crippen LogP contribution in [0.3, 0.4) is 0 Å². The van der Waals surface area contributed by atoms with Crippen LogP contribution in [0, 0.1) is 0 Å². The zero-order valence-electron chi connectivity index (χ0n) is 17.1. The maximum atomic E-state index is 10.6. The Morgan fingerprint density at radius 2 is 2.00 bits per heavy atom. The lowest BCUT2D eigenvalue weighted by molar-refractivity contribution is 0.373. The third kappa shape index (κ3) is 3.80. The summed E-state index contributed by atoms with van der Waals surface area (Å²) < 4.78 is 0. The lowest BCUT2D eigenvalue weighted by atomic mass is 10.1. The fraction of sp³-hybridized carbons (Fsp3) is 0.381. The first-order chi connectivity index (χ1) is 14.4. The molecular weight excluding hydrogens is 416 g/mol. The molecule has 0 bridgehead atoms. The number of thiazole rings is 2. The summed E-state index contributed by atoms with van der Waals surface area (Å²) in [6, 6.07) is 6.12. The highest BCUT2D eigenvalue weighted by Gasteiger charge is 2.28. The van der Waals surface area contributed by atoms with Gasteiger partial charge >= 0.3 is 0 Å². The number of benzene rings is 1. The van der Waals surface area contributed by atoms with Crippen LogP contribution < -0.4 is 10.2 Å². The van der Waals surface area contributed by atoms with Crippen LogP contribution in [0.5, 0.6) is 5.75 Å². The van der Waals surface area contributed by atoms with E-state index in [-0.39, 0.29) is 11.3 Å². The molecular formula is C21H24N6OS2. The standard InChI is InChI=1S/C21H24N6OS2/c1-21(2,3)26-14-6-7-27(11-14)20-25-19-18(30-20)24-17(29-19)15-5-4-12(8-16(15)28)13-9-22-23-10-13/h4-5,8-10,14,26,28H,6-7,11H2,1-3H3,(H,22,23). The molecule has 3 N–H and O–H groups in total. The molecule has 3 aromatic heterocycles. The van der Waals surface area contributed by atoms with E-state index in [0.717, 1.165) is 56.0 Å². The Labute approximate surface area is 182 Å². The van der Waals surface area contributed by atoms with Gasteiger partial charge in [0.25, 0.3) is 0 Å². The van der Waals surface area contributed by atoms with Crippen LogP contribution in [0.2, 0.25) is 0 Å². The number of aromatic nitrogens is 4. The Bertz CT molecular complexity index is 1140. The van der Waals surface area contributed by atoms with Crippen molar-refractivity contribution in [2.75, 3.05) is 18.0 Å². The smallest absolute Gasteiger partial charge is 0.188 e. The number of hydrogen-bond acceptors (Lipinski definition) is 8. The van der Waals surface area contributed by atoms with Crippen molar-refractivity contribution in [1.82, 2.24) is 25.5 Å². The zero-order valence-corrected chi connectivity index (χ0v) is 18.8. The molecule has 7 nitrogen and oxygen atoms in total. The Balaban J connectivity index is 1.36. The predicted octanol–water partition coefficient (Wildman–Crippen LogP) is 4.48. The molecule has 4 heterocycles. The molecule has 1 aliphatic heterocycles. The highest BCUT2D eigenvalue weighted by atomic mass is 32.1. The third-order valence-corrected chi connectivity index (χ3v) is 7.24. The van der Waals surface area contributed by atoms with Crippen LogP contribution in [0.25, 0.3) is 31.4 Å². The van der Waals surface area contributed by atoms with Gasteiger partial charge in [0.05, 0.1) is 11.8 Å². The van der Waals surface area contributed by atoms with Crippen molar-refractivity contribution in [3.63, 3.8) is 0 Å². The molecule has 9 heteroatoms. The number of nitrogens with zero attached hydrogens (tertiary/aromatic N) is 4. The molecule has 0 amide bonds. The van der Waals surface area contributed by atoms with Gasteiger partial charge in [0.1, 0.15) is 10.8 Å². The molecule has 0 aliphatic carbocycles. The van der Waals surface area contributed by atoms with E-state index in [4.69, 9.17) is 9.97 Å². The van der Waals surface area contributed by atoms with Gasteiger partial charge in [0, 0.05) is 36.4 Å². The molecule has 1 saturated heterocycles. The van der Waals surface area contributed by atoms with Gasteiger partial charge < -0.3 is 15.3 Å². The van der Waals surface area contributed by atoms with Gasteiger partial charge in [-0.1, -0.05) is 28.7 Å². The molecule has 156 valence electrons. The fourth-order valence-electron chi connectivity index (χ4n) is 3.85. The van der Waals surface area contributed by atoms with Crippen LogP contribution in [0.15, 0.2) is 30.6 Å². The number of phenolic OH excluding ortho intramolecular Hbond substituents is 1. The molecule has 0 spiro atoms. The number of aromatic amines is 1. The van der Waals surface area contributed by atoms with Gasteiger partial charge in [0.15, 0.2) is 14.8 Å². The summed E-state index contributed by atoms with van der Waals surface area (Å²) in [7, 11) is 0. The van der Waals surface area contributed by atoms with E-state index in [0.29, 0.717) is 6.04 Å². The highest BCUT2D eigenvalue weighted by molar-refractivity contribution is 7.29. The van der Waals surface area contributed by atoms with Gasteiger partial charge in [-0.05, 0) is 44.9 Å². The average molecular weight is 441 g/mol. The first-order valence-corrected chi connectivity index (χ1v) is 11.6. The van der Waals surface area contributed by atoms with E-state index in [9.17, 15) is 5.11 Å². The second-order valence-electron chi connectivity index (χ2n) is 8.67. The molecule has 1 atom stereocenters. The van der Waals surface area contributed by atoms with Crippen molar-refractivity contribution < 1.29 is 5.11 Å². The maximum absolute atomic E-state index is 10.6. The van der Waals surface area contributed by atoms with Gasteiger partial charge in [0.2, 0.25) is 0 Å². The van der Waals surface area contributed by atoms with Crippen LogP contribution >= 0.6 is 22.7 Å². The first-order valence-electron chi connectivity index (χ1n) is 9.98. The summed E-state index contributed by atoms with van der Waals surface area (Å²) in [5.41, 5.74) is 2.70. The summed E-state index contributed by atoms with van der Waals surface area (Å²) in [4.78, 5) is 13.8. The van der Waals surface area contributed by atoms with E-state index in [1.165, 1.54) is 11.3 Å². The van der Waals surface area contributed by atoms with Gasteiger partial charge in [-0.3, -0.25) is 5.10 Å². The molecule has 0 radical (unpaired) electrons. The quantitative estimate of drug-likeness (QED) is 0.433. The number of phenols is 1. The molecule has 1 fully saturated rings. The van der Waals surface area contributed by atoms with E-state index in [2.05, 4.69) is 41.2 Å². The van der Waals surface area contributed by atoms with Gasteiger partial charge in [-0.2, -0.15) is 5.10 Å². The van der Waals surface area contributed by atoms with Crippen LogP contribution in [0.1, 0.15) is 27.2 Å². The maximum Gasteiger partial charge on any atom is 0.188 e. The van der Waals surface area contributed by atoms with Gasteiger partial charge in [-0.15, -0.1) is 0 Å². The highest BCUT2D eigenvalue weighted by Crippen LogP contribution is 2.40. The van der Waals surface area contributed by atoms with Crippen molar-refractivity contribution in [2.24, 2.45) is 0 Å². The molecule has 4 aromatic rings. The summed E-state index contributed by atoms with van der Waals surface area (Å²) in [5, 5.41) is 22.8. The van der Waals surface area contributed by atoms with E-state index in [1.54, 1.807) is 29.8 Å².